The summed E-state index contributed by atoms with van der Waals surface area (Å²) in [5, 5.41) is 1.83. The van der Waals surface area contributed by atoms with Crippen LogP contribution in [0.1, 0.15) is 58.5 Å². The Labute approximate surface area is 301 Å². The number of pyridine rings is 3. The number of aryl methyl sites for hydroxylation is 6. The van der Waals surface area contributed by atoms with Crippen LogP contribution in [-0.2, 0) is 12.0 Å². The van der Waals surface area contributed by atoms with E-state index in [2.05, 4.69) is 124 Å². The van der Waals surface area contributed by atoms with Crippen LogP contribution in [0, 0.1) is 41.5 Å². The molecule has 8 aromatic rings. The van der Waals surface area contributed by atoms with Gasteiger partial charge in [-0.2, -0.15) is 0 Å². The molecule has 0 saturated carbocycles. The summed E-state index contributed by atoms with van der Waals surface area (Å²) >= 11 is 0. The Balaban J connectivity index is 1.32. The fourth-order valence-corrected chi connectivity index (χ4v) is 8.70. The van der Waals surface area contributed by atoms with Crippen LogP contribution in [0.25, 0.3) is 55.7 Å². The average Bonchev–Trinajstić information content (AvgIpc) is 3.74. The molecule has 2 aliphatic rings. The van der Waals surface area contributed by atoms with Crippen molar-refractivity contribution in [3.05, 3.63) is 171 Å². The van der Waals surface area contributed by atoms with Gasteiger partial charge in [0.25, 0.3) is 0 Å². The first kappa shape index (κ1) is 27.9. The standard InChI is InChI=1S/C47H39N3O/c1-27-12-15-35(30(4)20-27)39-24-43-44-40(19-18-36-37-17-14-34(48-46(37)51-45(36)44)23-33-10-8-7-9-11-33)47(50(43)26-32(39)6)41-21-28(2)13-16-38(41)42-22-29(3)31(5)25-49(42)47/h7-22,24-26H,23H2,1-6H3/q+2/i23D2. The first-order valence-electron chi connectivity index (χ1n) is 18.7. The lowest BCUT2D eigenvalue weighted by Crippen LogP contribution is -2.71. The van der Waals surface area contributed by atoms with E-state index in [0.717, 1.165) is 33.2 Å². The summed E-state index contributed by atoms with van der Waals surface area (Å²) in [5.41, 5.74) is 18.0. The molecule has 0 N–H and O–H groups in total. The molecule has 0 saturated heterocycles. The van der Waals surface area contributed by atoms with Gasteiger partial charge >= 0.3 is 5.66 Å². The maximum atomic E-state index is 9.05. The van der Waals surface area contributed by atoms with Gasteiger partial charge in [0.15, 0.2) is 18.0 Å². The molecule has 0 amide bonds. The Bertz CT molecular complexity index is 2890. The average molecular weight is 664 g/mol. The number of nitrogens with zero attached hydrogens (tertiary/aromatic N) is 3. The van der Waals surface area contributed by atoms with Crippen molar-refractivity contribution < 1.29 is 16.3 Å². The number of fused-ring (bicyclic) bond motifs is 14. The van der Waals surface area contributed by atoms with Gasteiger partial charge in [0.1, 0.15) is 16.7 Å². The van der Waals surface area contributed by atoms with Crippen LogP contribution < -0.4 is 9.13 Å². The molecule has 1 spiro atoms. The number of rotatable bonds is 3. The van der Waals surface area contributed by atoms with E-state index in [0.29, 0.717) is 17.0 Å². The highest BCUT2D eigenvalue weighted by Crippen LogP contribution is 2.51. The number of aromatic nitrogens is 3. The van der Waals surface area contributed by atoms with Gasteiger partial charge in [0.2, 0.25) is 17.1 Å². The molecule has 246 valence electrons. The van der Waals surface area contributed by atoms with Crippen molar-refractivity contribution in [3.8, 4) is 33.6 Å². The monoisotopic (exact) mass is 663 g/mol. The summed E-state index contributed by atoms with van der Waals surface area (Å²) in [6.45, 7) is 13.1. The Kier molecular flexibility index (Phi) is 5.78. The minimum atomic E-state index is -1.79. The van der Waals surface area contributed by atoms with Crippen LogP contribution in [0.5, 0.6) is 0 Å². The van der Waals surface area contributed by atoms with E-state index in [1.807, 2.05) is 24.3 Å². The van der Waals surface area contributed by atoms with Gasteiger partial charge in [0, 0.05) is 48.8 Å². The molecule has 0 aliphatic carbocycles. The van der Waals surface area contributed by atoms with Gasteiger partial charge in [-0.3, -0.25) is 0 Å². The van der Waals surface area contributed by atoms with Gasteiger partial charge in [-0.1, -0.05) is 65.7 Å². The zero-order valence-corrected chi connectivity index (χ0v) is 29.7. The molecule has 51 heavy (non-hydrogen) atoms. The van der Waals surface area contributed by atoms with Crippen LogP contribution in [0.4, 0.5) is 0 Å². The lowest BCUT2D eigenvalue weighted by molar-refractivity contribution is -0.955. The van der Waals surface area contributed by atoms with Crippen LogP contribution in [0.3, 0.4) is 0 Å². The Hall–Kier alpha value is -5.87. The van der Waals surface area contributed by atoms with Gasteiger partial charge in [-0.25, -0.2) is 4.98 Å². The topological polar surface area (TPSA) is 33.8 Å². The molecule has 4 aromatic heterocycles. The van der Waals surface area contributed by atoms with Gasteiger partial charge < -0.3 is 4.42 Å². The summed E-state index contributed by atoms with van der Waals surface area (Å²) < 4.78 is 29.9. The Morgan fingerprint density at radius 2 is 1.33 bits per heavy atom. The van der Waals surface area contributed by atoms with Crippen molar-refractivity contribution >= 4 is 22.1 Å². The molecule has 4 aromatic carbocycles. The lowest BCUT2D eigenvalue weighted by Gasteiger charge is -2.19. The largest absolute Gasteiger partial charge is 0.437 e. The summed E-state index contributed by atoms with van der Waals surface area (Å²) in [6, 6.07) is 35.7. The van der Waals surface area contributed by atoms with E-state index in [9.17, 15) is 0 Å². The molecule has 6 heterocycles. The third-order valence-electron chi connectivity index (χ3n) is 11.2. The second-order valence-electron chi connectivity index (χ2n) is 14.6. The van der Waals surface area contributed by atoms with E-state index in [1.54, 1.807) is 18.2 Å². The third-order valence-corrected chi connectivity index (χ3v) is 11.2. The van der Waals surface area contributed by atoms with E-state index < -0.39 is 12.0 Å². The van der Waals surface area contributed by atoms with Crippen molar-refractivity contribution in [1.82, 2.24) is 4.98 Å². The molecule has 0 fully saturated rings. The minimum absolute atomic E-state index is 0.321. The van der Waals surface area contributed by atoms with Crippen LogP contribution in [0.2, 0.25) is 0 Å². The number of furan rings is 1. The fourth-order valence-electron chi connectivity index (χ4n) is 8.70. The smallest absolute Gasteiger partial charge is 0.417 e. The van der Waals surface area contributed by atoms with E-state index in [4.69, 9.17) is 12.1 Å². The van der Waals surface area contributed by atoms with Crippen LogP contribution in [-0.4, -0.2) is 4.98 Å². The Morgan fingerprint density at radius 1 is 0.608 bits per heavy atom. The molecular formula is C47H39N3O+2. The second-order valence-corrected chi connectivity index (χ2v) is 14.6. The minimum Gasteiger partial charge on any atom is -0.437 e. The van der Waals surface area contributed by atoms with Gasteiger partial charge in [0.05, 0.1) is 5.56 Å². The van der Waals surface area contributed by atoms with Crippen LogP contribution >= 0.6 is 0 Å². The molecule has 0 radical (unpaired) electrons. The molecule has 2 aliphatic heterocycles. The zero-order valence-electron chi connectivity index (χ0n) is 31.7. The van der Waals surface area contributed by atoms with Crippen LogP contribution in [0.15, 0.2) is 120 Å². The van der Waals surface area contributed by atoms with E-state index >= 15 is 0 Å². The maximum absolute atomic E-state index is 9.05. The van der Waals surface area contributed by atoms with Crippen molar-refractivity contribution in [1.29, 1.82) is 0 Å². The quantitative estimate of drug-likeness (QED) is 0.176. The first-order valence-corrected chi connectivity index (χ1v) is 17.7. The summed E-state index contributed by atoms with van der Waals surface area (Å²) in [5.74, 6) is 0. The third kappa shape index (κ3) is 4.11. The molecule has 10 rings (SSSR count). The maximum Gasteiger partial charge on any atom is 0.417 e. The highest BCUT2D eigenvalue weighted by atomic mass is 16.3. The van der Waals surface area contributed by atoms with E-state index in [1.165, 1.54) is 61.3 Å². The molecule has 1 atom stereocenters. The predicted molar refractivity (Wildman–Crippen MR) is 204 cm³/mol. The Morgan fingerprint density at radius 3 is 2.14 bits per heavy atom. The molecule has 0 bridgehead atoms. The highest BCUT2D eigenvalue weighted by molar-refractivity contribution is 6.09. The van der Waals surface area contributed by atoms with E-state index in [-0.39, 0.29) is 0 Å². The predicted octanol–water partition coefficient (Wildman–Crippen LogP) is 9.92. The van der Waals surface area contributed by atoms with Gasteiger partial charge in [-0.05, 0) is 106 Å². The molecule has 1 unspecified atom stereocenters. The number of benzene rings is 4. The normalized spacial score (nSPS) is 16.3. The van der Waals surface area contributed by atoms with Crippen molar-refractivity contribution in [2.45, 2.75) is 53.6 Å². The first-order chi connectivity index (χ1) is 25.5. The highest BCUT2D eigenvalue weighted by Gasteiger charge is 2.67. The zero-order chi connectivity index (χ0) is 36.6. The van der Waals surface area contributed by atoms with Gasteiger partial charge in [-0.15, -0.1) is 9.13 Å². The summed E-state index contributed by atoms with van der Waals surface area (Å²) in [4.78, 5) is 4.88. The molecule has 4 nitrogen and oxygen atoms in total. The SMILES string of the molecule is [2H]C([2H])(c1ccccc1)c1ccc2c(n1)oc1c3c(ccc12)C1(c2cc(C)ccc2-c2cc(C)c(C)c[n+]21)[n+]1cc(C)c(-c2ccc(C)cc2C)cc1-3. The van der Waals surface area contributed by atoms with Crippen molar-refractivity contribution in [3.63, 3.8) is 0 Å². The number of hydrogen-bond acceptors (Lipinski definition) is 2. The molecular weight excluding hydrogens is 623 g/mol. The summed E-state index contributed by atoms with van der Waals surface area (Å²) in [6.07, 6.45) is 2.87. The molecule has 4 heteroatoms. The van der Waals surface area contributed by atoms with Crippen molar-refractivity contribution in [2.75, 3.05) is 0 Å². The second kappa shape index (κ2) is 10.6. The lowest BCUT2D eigenvalue weighted by atomic mass is 9.88. The fraction of sp³-hybridized carbons (Fsp3) is 0.170. The number of hydrogen-bond donors (Lipinski definition) is 0. The summed E-state index contributed by atoms with van der Waals surface area (Å²) in [7, 11) is 0. The van der Waals surface area contributed by atoms with Crippen molar-refractivity contribution in [2.24, 2.45) is 0 Å².